The maximum Gasteiger partial charge on any atom is 0.256 e. The number of carbonyl (C=O) groups excluding carboxylic acids is 1. The maximum atomic E-state index is 13.0. The fraction of sp³-hybridized carbons (Fsp3) is 0.440. The monoisotopic (exact) mass is 419 g/mol. The molecule has 164 valence electrons. The van der Waals surface area contributed by atoms with Crippen molar-refractivity contribution < 1.29 is 4.79 Å². The van der Waals surface area contributed by atoms with Crippen molar-refractivity contribution in [2.75, 3.05) is 20.1 Å². The summed E-state index contributed by atoms with van der Waals surface area (Å²) in [5, 5.41) is 7.65. The summed E-state index contributed by atoms with van der Waals surface area (Å²) in [6.07, 6.45) is 13.2. The Bertz CT molecular complexity index is 985. The first kappa shape index (κ1) is 21.4. The number of benzene rings is 1. The lowest BCUT2D eigenvalue weighted by molar-refractivity contribution is 0.0950. The first-order chi connectivity index (χ1) is 15.1. The van der Waals surface area contributed by atoms with Crippen LogP contribution in [0.2, 0.25) is 0 Å². The van der Waals surface area contributed by atoms with Crippen molar-refractivity contribution >= 4 is 5.91 Å². The number of aromatic nitrogens is 3. The van der Waals surface area contributed by atoms with Gasteiger partial charge in [-0.2, -0.15) is 5.10 Å². The van der Waals surface area contributed by atoms with Crippen molar-refractivity contribution in [2.24, 2.45) is 0 Å². The standard InChI is InChI=1S/C25H33N5O/c1-20-10-8-13-22(18-20)30-25(29-16-6-7-17-29)23(19-27-30)24(31)26-14-9-15-28(2)21-11-4-3-5-12-21/h6-8,10,13,16-19,21H,3-5,9,11-12,14-15H2,1-2H3,(H,26,31). The third-order valence-electron chi connectivity index (χ3n) is 6.25. The number of hydrogen-bond acceptors (Lipinski definition) is 3. The van der Waals surface area contributed by atoms with Gasteiger partial charge in [0.15, 0.2) is 5.82 Å². The second-order valence-electron chi connectivity index (χ2n) is 8.60. The number of amides is 1. The molecule has 1 aromatic carbocycles. The minimum Gasteiger partial charge on any atom is -0.352 e. The lowest BCUT2D eigenvalue weighted by Crippen LogP contribution is -2.36. The molecule has 0 spiro atoms. The zero-order valence-corrected chi connectivity index (χ0v) is 18.6. The van der Waals surface area contributed by atoms with Gasteiger partial charge in [0, 0.05) is 25.0 Å². The molecule has 1 aliphatic rings. The van der Waals surface area contributed by atoms with Crippen LogP contribution in [0, 0.1) is 6.92 Å². The molecule has 0 unspecified atom stereocenters. The summed E-state index contributed by atoms with van der Waals surface area (Å²) in [5.41, 5.74) is 2.68. The minimum absolute atomic E-state index is 0.0806. The van der Waals surface area contributed by atoms with Gasteiger partial charge in [-0.3, -0.25) is 4.79 Å². The Morgan fingerprint density at radius 1 is 1.16 bits per heavy atom. The van der Waals surface area contributed by atoms with Gasteiger partial charge in [-0.15, -0.1) is 0 Å². The van der Waals surface area contributed by atoms with E-state index in [2.05, 4.69) is 41.4 Å². The van der Waals surface area contributed by atoms with Gasteiger partial charge in [0.25, 0.3) is 5.91 Å². The Morgan fingerprint density at radius 3 is 2.68 bits per heavy atom. The van der Waals surface area contributed by atoms with E-state index < -0.39 is 0 Å². The predicted octanol–water partition coefficient (Wildman–Crippen LogP) is 4.36. The van der Waals surface area contributed by atoms with Crippen molar-refractivity contribution in [3.8, 4) is 11.5 Å². The Hall–Kier alpha value is -2.86. The van der Waals surface area contributed by atoms with E-state index in [9.17, 15) is 4.79 Å². The minimum atomic E-state index is -0.0806. The van der Waals surface area contributed by atoms with E-state index >= 15 is 0 Å². The van der Waals surface area contributed by atoms with Crippen LogP contribution in [-0.4, -0.2) is 51.3 Å². The zero-order chi connectivity index (χ0) is 21.6. The van der Waals surface area contributed by atoms with Crippen LogP contribution in [-0.2, 0) is 0 Å². The molecular weight excluding hydrogens is 386 g/mol. The molecule has 0 saturated heterocycles. The smallest absolute Gasteiger partial charge is 0.256 e. The molecule has 3 aromatic rings. The second kappa shape index (κ2) is 9.96. The van der Waals surface area contributed by atoms with Crippen LogP contribution in [0.25, 0.3) is 11.5 Å². The first-order valence-electron chi connectivity index (χ1n) is 11.4. The van der Waals surface area contributed by atoms with Gasteiger partial charge in [-0.05, 0) is 69.6 Å². The average Bonchev–Trinajstić information content (AvgIpc) is 3.46. The van der Waals surface area contributed by atoms with Gasteiger partial charge in [0.1, 0.15) is 5.56 Å². The average molecular weight is 420 g/mol. The predicted molar refractivity (Wildman–Crippen MR) is 124 cm³/mol. The molecule has 1 N–H and O–H groups in total. The van der Waals surface area contributed by atoms with Crippen LogP contribution in [0.1, 0.15) is 54.4 Å². The highest BCUT2D eigenvalue weighted by Crippen LogP contribution is 2.22. The molecule has 0 atom stereocenters. The lowest BCUT2D eigenvalue weighted by atomic mass is 9.94. The van der Waals surface area contributed by atoms with Crippen LogP contribution >= 0.6 is 0 Å². The number of nitrogens with one attached hydrogen (secondary N) is 1. The normalized spacial score (nSPS) is 14.8. The third kappa shape index (κ3) is 5.07. The molecule has 2 aromatic heterocycles. The highest BCUT2D eigenvalue weighted by atomic mass is 16.1. The zero-order valence-electron chi connectivity index (χ0n) is 18.6. The van der Waals surface area contributed by atoms with Crippen molar-refractivity contribution in [1.29, 1.82) is 0 Å². The van der Waals surface area contributed by atoms with E-state index in [4.69, 9.17) is 0 Å². The number of nitrogens with zero attached hydrogens (tertiary/aromatic N) is 4. The molecule has 31 heavy (non-hydrogen) atoms. The van der Waals surface area contributed by atoms with Gasteiger partial charge >= 0.3 is 0 Å². The Labute approximate surface area is 184 Å². The van der Waals surface area contributed by atoms with Gasteiger partial charge in [0.05, 0.1) is 11.9 Å². The van der Waals surface area contributed by atoms with E-state index in [0.717, 1.165) is 30.0 Å². The van der Waals surface area contributed by atoms with Gasteiger partial charge in [-0.1, -0.05) is 31.4 Å². The van der Waals surface area contributed by atoms with Crippen LogP contribution in [0.5, 0.6) is 0 Å². The molecule has 0 radical (unpaired) electrons. The van der Waals surface area contributed by atoms with E-state index in [0.29, 0.717) is 18.2 Å². The molecule has 1 aliphatic carbocycles. The molecule has 1 amide bonds. The Kier molecular flexibility index (Phi) is 6.87. The lowest BCUT2D eigenvalue weighted by Gasteiger charge is -2.31. The van der Waals surface area contributed by atoms with E-state index in [1.165, 1.54) is 32.1 Å². The molecule has 0 aliphatic heterocycles. The van der Waals surface area contributed by atoms with Crippen molar-refractivity contribution in [3.63, 3.8) is 0 Å². The molecule has 1 saturated carbocycles. The molecule has 4 rings (SSSR count). The molecule has 0 bridgehead atoms. The quantitative estimate of drug-likeness (QED) is 0.552. The SMILES string of the molecule is Cc1cccc(-n2ncc(C(=O)NCCCN(C)C3CCCCC3)c2-n2cccc2)c1. The van der Waals surface area contributed by atoms with Gasteiger partial charge < -0.3 is 14.8 Å². The summed E-state index contributed by atoms with van der Waals surface area (Å²) >= 11 is 0. The summed E-state index contributed by atoms with van der Waals surface area (Å²) in [6.45, 7) is 3.73. The van der Waals surface area contributed by atoms with Crippen molar-refractivity contribution in [1.82, 2.24) is 24.6 Å². The van der Waals surface area contributed by atoms with Crippen LogP contribution in [0.3, 0.4) is 0 Å². The van der Waals surface area contributed by atoms with Crippen LogP contribution in [0.4, 0.5) is 0 Å². The number of rotatable bonds is 8. The highest BCUT2D eigenvalue weighted by molar-refractivity contribution is 5.97. The van der Waals surface area contributed by atoms with Crippen molar-refractivity contribution in [2.45, 2.75) is 51.5 Å². The van der Waals surface area contributed by atoms with E-state index in [1.807, 2.05) is 45.9 Å². The van der Waals surface area contributed by atoms with E-state index in [-0.39, 0.29) is 5.91 Å². The number of hydrogen-bond donors (Lipinski definition) is 1. The first-order valence-corrected chi connectivity index (χ1v) is 11.4. The topological polar surface area (TPSA) is 55.1 Å². The second-order valence-corrected chi connectivity index (χ2v) is 8.60. The summed E-state index contributed by atoms with van der Waals surface area (Å²) in [5.74, 6) is 0.676. The fourth-order valence-electron chi connectivity index (χ4n) is 4.50. The molecule has 2 heterocycles. The third-order valence-corrected chi connectivity index (χ3v) is 6.25. The van der Waals surface area contributed by atoms with E-state index in [1.54, 1.807) is 6.20 Å². The van der Waals surface area contributed by atoms with Gasteiger partial charge in [-0.25, -0.2) is 4.68 Å². The summed E-state index contributed by atoms with van der Waals surface area (Å²) in [7, 11) is 2.22. The largest absolute Gasteiger partial charge is 0.352 e. The number of carbonyl (C=O) groups is 1. The molecular formula is C25H33N5O. The molecule has 6 heteroatoms. The molecule has 1 fully saturated rings. The number of aryl methyl sites for hydroxylation is 1. The van der Waals surface area contributed by atoms with Crippen LogP contribution in [0.15, 0.2) is 55.0 Å². The van der Waals surface area contributed by atoms with Crippen molar-refractivity contribution in [3.05, 3.63) is 66.1 Å². The summed E-state index contributed by atoms with van der Waals surface area (Å²) in [6, 6.07) is 12.8. The summed E-state index contributed by atoms with van der Waals surface area (Å²) in [4.78, 5) is 15.5. The maximum absolute atomic E-state index is 13.0. The van der Waals surface area contributed by atoms with Gasteiger partial charge in [0.2, 0.25) is 0 Å². The summed E-state index contributed by atoms with van der Waals surface area (Å²) < 4.78 is 3.78. The Balaban J connectivity index is 1.43. The Morgan fingerprint density at radius 2 is 1.94 bits per heavy atom. The fourth-order valence-corrected chi connectivity index (χ4v) is 4.50. The van der Waals surface area contributed by atoms with Crippen LogP contribution < -0.4 is 5.32 Å². The molecule has 6 nitrogen and oxygen atoms in total. The highest BCUT2D eigenvalue weighted by Gasteiger charge is 2.20.